The van der Waals surface area contributed by atoms with E-state index in [1.165, 1.54) is 0 Å². The van der Waals surface area contributed by atoms with Crippen LogP contribution in [0.5, 0.6) is 0 Å². The van der Waals surface area contributed by atoms with Gasteiger partial charge in [0.25, 0.3) is 0 Å². The summed E-state index contributed by atoms with van der Waals surface area (Å²) in [5.41, 5.74) is 9.44. The first-order valence-corrected chi connectivity index (χ1v) is 3.96. The molecule has 1 heterocycles. The number of aromatic nitrogens is 1. The Labute approximate surface area is 71.4 Å². The van der Waals surface area contributed by atoms with Crippen molar-refractivity contribution in [1.82, 2.24) is 4.98 Å². The number of nitrogens with zero attached hydrogens (tertiary/aromatic N) is 1. The fourth-order valence-corrected chi connectivity index (χ4v) is 1.20. The summed E-state index contributed by atoms with van der Waals surface area (Å²) in [6.45, 7) is 3.88. The van der Waals surface area contributed by atoms with Crippen LogP contribution in [0.4, 0.5) is 5.69 Å². The van der Waals surface area contributed by atoms with Crippen LogP contribution in [0.3, 0.4) is 0 Å². The van der Waals surface area contributed by atoms with Crippen molar-refractivity contribution in [3.8, 4) is 0 Å². The van der Waals surface area contributed by atoms with Gasteiger partial charge in [0, 0.05) is 11.9 Å². The van der Waals surface area contributed by atoms with Crippen molar-refractivity contribution >= 4 is 17.3 Å². The SMILES string of the molecule is Cc1cnc(CCl)c(C)c1N. The Bertz CT molecular complexity index is 271. The normalized spacial score (nSPS) is 10.1. The van der Waals surface area contributed by atoms with Crippen molar-refractivity contribution in [3.63, 3.8) is 0 Å². The van der Waals surface area contributed by atoms with E-state index >= 15 is 0 Å². The minimum atomic E-state index is 0.427. The number of nitrogen functional groups attached to an aromatic ring is 1. The molecule has 0 bridgehead atoms. The van der Waals surface area contributed by atoms with Gasteiger partial charge in [-0.05, 0) is 25.0 Å². The number of rotatable bonds is 1. The van der Waals surface area contributed by atoms with E-state index in [1.807, 2.05) is 13.8 Å². The van der Waals surface area contributed by atoms with Crippen LogP contribution in [-0.2, 0) is 5.88 Å². The first kappa shape index (κ1) is 8.34. The molecular formula is C8H11ClN2. The van der Waals surface area contributed by atoms with Crippen LogP contribution in [0.2, 0.25) is 0 Å². The molecule has 1 rings (SSSR count). The van der Waals surface area contributed by atoms with E-state index in [1.54, 1.807) is 6.20 Å². The molecule has 0 aliphatic rings. The van der Waals surface area contributed by atoms with E-state index in [0.29, 0.717) is 5.88 Å². The third-order valence-electron chi connectivity index (χ3n) is 1.80. The second-order valence-electron chi connectivity index (χ2n) is 2.56. The van der Waals surface area contributed by atoms with Gasteiger partial charge < -0.3 is 5.73 Å². The molecule has 3 heteroatoms. The average molecular weight is 171 g/mol. The van der Waals surface area contributed by atoms with Crippen molar-refractivity contribution in [2.45, 2.75) is 19.7 Å². The largest absolute Gasteiger partial charge is 0.398 e. The van der Waals surface area contributed by atoms with Crippen molar-refractivity contribution in [3.05, 3.63) is 23.0 Å². The molecule has 0 aliphatic carbocycles. The van der Waals surface area contributed by atoms with Gasteiger partial charge >= 0.3 is 0 Å². The Hall–Kier alpha value is -0.760. The molecule has 1 aromatic heterocycles. The standard InChI is InChI=1S/C8H11ClN2/c1-5-4-11-7(3-9)6(2)8(5)10/h4H,3H2,1-2H3,(H2,10,11). The summed E-state index contributed by atoms with van der Waals surface area (Å²) in [4.78, 5) is 4.15. The molecule has 0 amide bonds. The van der Waals surface area contributed by atoms with Crippen molar-refractivity contribution in [2.75, 3.05) is 5.73 Å². The highest BCUT2D eigenvalue weighted by Gasteiger charge is 2.03. The fourth-order valence-electron chi connectivity index (χ4n) is 0.927. The highest BCUT2D eigenvalue weighted by atomic mass is 35.5. The molecule has 0 spiro atoms. The molecule has 1 aromatic rings. The number of alkyl halides is 1. The van der Waals surface area contributed by atoms with Gasteiger partial charge in [0.15, 0.2) is 0 Å². The second kappa shape index (κ2) is 3.09. The second-order valence-corrected chi connectivity index (χ2v) is 2.83. The van der Waals surface area contributed by atoms with E-state index in [0.717, 1.165) is 22.5 Å². The molecule has 0 atom stereocenters. The molecule has 0 radical (unpaired) electrons. The number of pyridine rings is 1. The van der Waals surface area contributed by atoms with Gasteiger partial charge in [-0.25, -0.2) is 0 Å². The molecular weight excluding hydrogens is 160 g/mol. The van der Waals surface area contributed by atoms with E-state index < -0.39 is 0 Å². The number of halogens is 1. The van der Waals surface area contributed by atoms with Crippen LogP contribution in [0.15, 0.2) is 6.20 Å². The Kier molecular flexibility index (Phi) is 2.35. The van der Waals surface area contributed by atoms with Crippen LogP contribution in [-0.4, -0.2) is 4.98 Å². The summed E-state index contributed by atoms with van der Waals surface area (Å²) in [5.74, 6) is 0.427. The summed E-state index contributed by atoms with van der Waals surface area (Å²) in [7, 11) is 0. The van der Waals surface area contributed by atoms with Gasteiger partial charge in [0.05, 0.1) is 11.6 Å². The molecule has 0 aliphatic heterocycles. The lowest BCUT2D eigenvalue weighted by Crippen LogP contribution is -1.99. The van der Waals surface area contributed by atoms with Gasteiger partial charge in [-0.2, -0.15) is 0 Å². The molecule has 11 heavy (non-hydrogen) atoms. The molecule has 0 aromatic carbocycles. The summed E-state index contributed by atoms with van der Waals surface area (Å²) in [6, 6.07) is 0. The molecule has 0 fully saturated rings. The minimum Gasteiger partial charge on any atom is -0.398 e. The van der Waals surface area contributed by atoms with Crippen LogP contribution >= 0.6 is 11.6 Å². The number of nitrogens with two attached hydrogens (primary N) is 1. The maximum Gasteiger partial charge on any atom is 0.0650 e. The Morgan fingerprint density at radius 2 is 2.18 bits per heavy atom. The molecule has 0 unspecified atom stereocenters. The summed E-state index contributed by atoms with van der Waals surface area (Å²) >= 11 is 5.64. The minimum absolute atomic E-state index is 0.427. The zero-order valence-electron chi connectivity index (χ0n) is 6.69. The molecule has 60 valence electrons. The Balaban J connectivity index is 3.25. The Morgan fingerprint density at radius 1 is 1.55 bits per heavy atom. The highest BCUT2D eigenvalue weighted by molar-refractivity contribution is 6.17. The van der Waals surface area contributed by atoms with Gasteiger partial charge in [0.2, 0.25) is 0 Å². The summed E-state index contributed by atoms with van der Waals surface area (Å²) in [6.07, 6.45) is 1.75. The average Bonchev–Trinajstić information content (AvgIpc) is 2.01. The number of aryl methyl sites for hydroxylation is 1. The molecule has 0 saturated carbocycles. The zero-order valence-corrected chi connectivity index (χ0v) is 7.44. The van der Waals surface area contributed by atoms with Gasteiger partial charge in [0.1, 0.15) is 0 Å². The summed E-state index contributed by atoms with van der Waals surface area (Å²) < 4.78 is 0. The van der Waals surface area contributed by atoms with Crippen molar-refractivity contribution < 1.29 is 0 Å². The first-order chi connectivity index (χ1) is 5.16. The van der Waals surface area contributed by atoms with E-state index in [4.69, 9.17) is 17.3 Å². The third-order valence-corrected chi connectivity index (χ3v) is 2.06. The monoisotopic (exact) mass is 170 g/mol. The number of hydrogen-bond donors (Lipinski definition) is 1. The van der Waals surface area contributed by atoms with Gasteiger partial charge in [-0.3, -0.25) is 4.98 Å². The number of hydrogen-bond acceptors (Lipinski definition) is 2. The van der Waals surface area contributed by atoms with Crippen molar-refractivity contribution in [1.29, 1.82) is 0 Å². The lowest BCUT2D eigenvalue weighted by atomic mass is 10.1. The lowest BCUT2D eigenvalue weighted by Gasteiger charge is -2.06. The van der Waals surface area contributed by atoms with Crippen molar-refractivity contribution in [2.24, 2.45) is 0 Å². The highest BCUT2D eigenvalue weighted by Crippen LogP contribution is 2.18. The topological polar surface area (TPSA) is 38.9 Å². The lowest BCUT2D eigenvalue weighted by molar-refractivity contribution is 1.11. The predicted octanol–water partition coefficient (Wildman–Crippen LogP) is 2.02. The van der Waals surface area contributed by atoms with Crippen LogP contribution in [0, 0.1) is 13.8 Å². The first-order valence-electron chi connectivity index (χ1n) is 3.43. The van der Waals surface area contributed by atoms with E-state index in [2.05, 4.69) is 4.98 Å². The quantitative estimate of drug-likeness (QED) is 0.655. The van der Waals surface area contributed by atoms with Crippen LogP contribution in [0.25, 0.3) is 0 Å². The van der Waals surface area contributed by atoms with Crippen LogP contribution in [0.1, 0.15) is 16.8 Å². The maximum atomic E-state index is 5.76. The Morgan fingerprint density at radius 3 is 2.73 bits per heavy atom. The fraction of sp³-hybridized carbons (Fsp3) is 0.375. The molecule has 0 saturated heterocycles. The molecule has 2 N–H and O–H groups in total. The van der Waals surface area contributed by atoms with E-state index in [-0.39, 0.29) is 0 Å². The van der Waals surface area contributed by atoms with E-state index in [9.17, 15) is 0 Å². The predicted molar refractivity (Wildman–Crippen MR) is 47.7 cm³/mol. The maximum absolute atomic E-state index is 5.76. The van der Waals surface area contributed by atoms with Crippen LogP contribution < -0.4 is 5.73 Å². The zero-order chi connectivity index (χ0) is 8.43. The third kappa shape index (κ3) is 1.46. The molecule has 2 nitrogen and oxygen atoms in total. The summed E-state index contributed by atoms with van der Waals surface area (Å²) in [5, 5.41) is 0. The van der Waals surface area contributed by atoms with Gasteiger partial charge in [-0.15, -0.1) is 11.6 Å². The number of anilines is 1. The van der Waals surface area contributed by atoms with Gasteiger partial charge in [-0.1, -0.05) is 0 Å². The smallest absolute Gasteiger partial charge is 0.0650 e.